The normalized spacial score (nSPS) is 15.3. The van der Waals surface area contributed by atoms with E-state index in [0.717, 1.165) is 32.8 Å². The molecule has 0 unspecified atom stereocenters. The van der Waals surface area contributed by atoms with E-state index in [2.05, 4.69) is 26.1 Å². The number of carbonyl (C=O) groups excluding carboxylic acids is 1. The highest BCUT2D eigenvalue weighted by Crippen LogP contribution is 2.36. The van der Waals surface area contributed by atoms with E-state index in [1.54, 1.807) is 19.2 Å². The Morgan fingerprint density at radius 1 is 1.39 bits per heavy atom. The molecule has 0 saturated carbocycles. The summed E-state index contributed by atoms with van der Waals surface area (Å²) in [5.41, 5.74) is 0.541. The fourth-order valence-corrected chi connectivity index (χ4v) is 2.95. The quantitative estimate of drug-likeness (QED) is 0.775. The van der Waals surface area contributed by atoms with E-state index in [4.69, 9.17) is 14.2 Å². The average Bonchev–Trinajstić information content (AvgIpc) is 2.57. The topological polar surface area (TPSA) is 60.0 Å². The average molecular weight is 387 g/mol. The van der Waals surface area contributed by atoms with E-state index >= 15 is 0 Å². The molecule has 0 aliphatic carbocycles. The van der Waals surface area contributed by atoms with Crippen LogP contribution in [0.1, 0.15) is 17.3 Å². The highest BCUT2D eigenvalue weighted by atomic mass is 79.9. The predicted molar refractivity (Wildman–Crippen MR) is 91.5 cm³/mol. The second-order valence-corrected chi connectivity index (χ2v) is 5.99. The summed E-state index contributed by atoms with van der Waals surface area (Å²) in [7, 11) is 1.56. The predicted octanol–water partition coefficient (Wildman–Crippen LogP) is 1.92. The number of morpholine rings is 1. The molecule has 1 aromatic carbocycles. The number of amides is 1. The molecule has 23 heavy (non-hydrogen) atoms. The van der Waals surface area contributed by atoms with Gasteiger partial charge in [0.2, 0.25) is 0 Å². The molecular weight excluding hydrogens is 364 g/mol. The zero-order valence-corrected chi connectivity index (χ0v) is 15.1. The standard InChI is InChI=1S/C16H23BrN2O4/c1-3-23-15-13(17)10-12(11-14(15)21-2)16(20)18-4-5-19-6-8-22-9-7-19/h10-11H,3-9H2,1-2H3,(H,18,20). The summed E-state index contributed by atoms with van der Waals surface area (Å²) >= 11 is 3.43. The number of benzene rings is 1. The minimum absolute atomic E-state index is 0.125. The molecule has 1 N–H and O–H groups in total. The molecule has 0 radical (unpaired) electrons. The second kappa shape index (κ2) is 9.10. The van der Waals surface area contributed by atoms with Gasteiger partial charge in [0, 0.05) is 31.7 Å². The Hall–Kier alpha value is -1.31. The zero-order chi connectivity index (χ0) is 16.7. The lowest BCUT2D eigenvalue weighted by atomic mass is 10.2. The van der Waals surface area contributed by atoms with E-state index in [1.807, 2.05) is 6.92 Å². The smallest absolute Gasteiger partial charge is 0.251 e. The van der Waals surface area contributed by atoms with Crippen LogP contribution in [-0.4, -0.2) is 63.9 Å². The molecular formula is C16H23BrN2O4. The van der Waals surface area contributed by atoms with Crippen LogP contribution in [0, 0.1) is 0 Å². The van der Waals surface area contributed by atoms with Gasteiger partial charge >= 0.3 is 0 Å². The van der Waals surface area contributed by atoms with E-state index in [9.17, 15) is 4.79 Å². The van der Waals surface area contributed by atoms with Gasteiger partial charge < -0.3 is 19.5 Å². The van der Waals surface area contributed by atoms with Crippen molar-refractivity contribution in [1.82, 2.24) is 10.2 Å². The highest BCUT2D eigenvalue weighted by Gasteiger charge is 2.16. The maximum atomic E-state index is 12.3. The van der Waals surface area contributed by atoms with Crippen molar-refractivity contribution in [1.29, 1.82) is 0 Å². The summed E-state index contributed by atoms with van der Waals surface area (Å²) in [6.07, 6.45) is 0. The van der Waals surface area contributed by atoms with Crippen LogP contribution in [0.2, 0.25) is 0 Å². The fourth-order valence-electron chi connectivity index (χ4n) is 2.39. The number of methoxy groups -OCH3 is 1. The van der Waals surface area contributed by atoms with Gasteiger partial charge in [0.15, 0.2) is 11.5 Å². The molecule has 6 nitrogen and oxygen atoms in total. The number of carbonyl (C=O) groups is 1. The Balaban J connectivity index is 1.94. The van der Waals surface area contributed by atoms with Gasteiger partial charge in [-0.25, -0.2) is 0 Å². The third-order valence-electron chi connectivity index (χ3n) is 3.60. The maximum absolute atomic E-state index is 12.3. The van der Waals surface area contributed by atoms with Gasteiger partial charge in [0.1, 0.15) is 0 Å². The monoisotopic (exact) mass is 386 g/mol. The van der Waals surface area contributed by atoms with Crippen molar-refractivity contribution in [2.75, 3.05) is 53.1 Å². The van der Waals surface area contributed by atoms with Gasteiger partial charge in [-0.05, 0) is 35.0 Å². The van der Waals surface area contributed by atoms with Crippen LogP contribution in [0.5, 0.6) is 11.5 Å². The van der Waals surface area contributed by atoms with E-state index in [-0.39, 0.29) is 5.91 Å². The Kier molecular flexibility index (Phi) is 7.14. The van der Waals surface area contributed by atoms with Gasteiger partial charge in [0.25, 0.3) is 5.91 Å². The van der Waals surface area contributed by atoms with Crippen molar-refractivity contribution >= 4 is 21.8 Å². The molecule has 0 aromatic heterocycles. The van der Waals surface area contributed by atoms with Crippen LogP contribution in [0.4, 0.5) is 0 Å². The Bertz CT molecular complexity index is 533. The van der Waals surface area contributed by atoms with Crippen LogP contribution >= 0.6 is 15.9 Å². The first-order valence-corrected chi connectivity index (χ1v) is 8.53. The zero-order valence-electron chi connectivity index (χ0n) is 13.6. The third-order valence-corrected chi connectivity index (χ3v) is 4.19. The van der Waals surface area contributed by atoms with Gasteiger partial charge in [0.05, 0.1) is 31.4 Å². The molecule has 0 atom stereocenters. The molecule has 1 saturated heterocycles. The van der Waals surface area contributed by atoms with E-state index < -0.39 is 0 Å². The largest absolute Gasteiger partial charge is 0.493 e. The summed E-state index contributed by atoms with van der Waals surface area (Å²) < 4.78 is 16.9. The molecule has 1 fully saturated rings. The first kappa shape index (κ1) is 18.0. The third kappa shape index (κ3) is 5.09. The lowest BCUT2D eigenvalue weighted by molar-refractivity contribution is 0.0383. The summed E-state index contributed by atoms with van der Waals surface area (Å²) in [5.74, 6) is 1.03. The molecule has 0 spiro atoms. The summed E-state index contributed by atoms with van der Waals surface area (Å²) in [6.45, 7) is 7.21. The van der Waals surface area contributed by atoms with Gasteiger partial charge in [-0.2, -0.15) is 0 Å². The lowest BCUT2D eigenvalue weighted by Gasteiger charge is -2.26. The van der Waals surface area contributed by atoms with Crippen LogP contribution in [0.15, 0.2) is 16.6 Å². The molecule has 0 bridgehead atoms. The first-order chi connectivity index (χ1) is 11.2. The molecule has 1 aromatic rings. The minimum Gasteiger partial charge on any atom is -0.493 e. The number of rotatable bonds is 7. The molecule has 1 aliphatic heterocycles. The summed E-state index contributed by atoms with van der Waals surface area (Å²) in [6, 6.07) is 3.44. The Morgan fingerprint density at radius 3 is 2.78 bits per heavy atom. The van der Waals surface area contributed by atoms with Gasteiger partial charge in [-0.15, -0.1) is 0 Å². The first-order valence-electron chi connectivity index (χ1n) is 7.74. The Labute approximate surface area is 145 Å². The summed E-state index contributed by atoms with van der Waals surface area (Å²) in [5, 5.41) is 2.94. The second-order valence-electron chi connectivity index (χ2n) is 5.13. The van der Waals surface area contributed by atoms with Crippen LogP contribution < -0.4 is 14.8 Å². The highest BCUT2D eigenvalue weighted by molar-refractivity contribution is 9.10. The minimum atomic E-state index is -0.125. The van der Waals surface area contributed by atoms with Crippen molar-refractivity contribution in [3.05, 3.63) is 22.2 Å². The Morgan fingerprint density at radius 2 is 2.13 bits per heavy atom. The van der Waals surface area contributed by atoms with Crippen molar-refractivity contribution in [2.45, 2.75) is 6.92 Å². The number of nitrogens with zero attached hydrogens (tertiary/aromatic N) is 1. The fraction of sp³-hybridized carbons (Fsp3) is 0.562. The van der Waals surface area contributed by atoms with Gasteiger partial charge in [-0.1, -0.05) is 0 Å². The molecule has 1 amide bonds. The molecule has 7 heteroatoms. The molecule has 1 heterocycles. The van der Waals surface area contributed by atoms with Crippen molar-refractivity contribution in [3.8, 4) is 11.5 Å². The number of hydrogen-bond donors (Lipinski definition) is 1. The lowest BCUT2D eigenvalue weighted by Crippen LogP contribution is -2.41. The maximum Gasteiger partial charge on any atom is 0.251 e. The molecule has 1 aliphatic rings. The van der Waals surface area contributed by atoms with Crippen molar-refractivity contribution in [3.63, 3.8) is 0 Å². The van der Waals surface area contributed by atoms with E-state index in [1.165, 1.54) is 0 Å². The molecule has 128 valence electrons. The van der Waals surface area contributed by atoms with Crippen molar-refractivity contribution < 1.29 is 19.0 Å². The van der Waals surface area contributed by atoms with Crippen molar-refractivity contribution in [2.24, 2.45) is 0 Å². The van der Waals surface area contributed by atoms with Crippen LogP contribution in [0.25, 0.3) is 0 Å². The van der Waals surface area contributed by atoms with Crippen LogP contribution in [0.3, 0.4) is 0 Å². The van der Waals surface area contributed by atoms with E-state index in [0.29, 0.717) is 34.7 Å². The number of hydrogen-bond acceptors (Lipinski definition) is 5. The van der Waals surface area contributed by atoms with Crippen LogP contribution in [-0.2, 0) is 4.74 Å². The van der Waals surface area contributed by atoms with Gasteiger partial charge in [-0.3, -0.25) is 9.69 Å². The number of nitrogens with one attached hydrogen (secondary N) is 1. The SMILES string of the molecule is CCOc1c(Br)cc(C(=O)NCCN2CCOCC2)cc1OC. The molecule has 2 rings (SSSR count). The number of halogens is 1. The number of ether oxygens (including phenoxy) is 3. The summed E-state index contributed by atoms with van der Waals surface area (Å²) in [4.78, 5) is 14.6.